The summed E-state index contributed by atoms with van der Waals surface area (Å²) in [5.41, 5.74) is 0.594. The Balaban J connectivity index is 1.93. The molecule has 0 aliphatic heterocycles. The standard InChI is InChI=1S/C22H17F3N4O3/c23-22(24,25)15-5-3-13(4-6-15)18-8-17-20(19(28-18)14-2-1-7-26-9-14)27-12-29(21(17)32)10-16(31)11-30/h1-9,12,16,30-31H,10-11H2/t16-/m1/s1. The lowest BCUT2D eigenvalue weighted by atomic mass is 10.0. The zero-order valence-corrected chi connectivity index (χ0v) is 16.5. The minimum Gasteiger partial charge on any atom is -0.394 e. The molecule has 32 heavy (non-hydrogen) atoms. The van der Waals surface area contributed by atoms with Crippen LogP contribution >= 0.6 is 0 Å². The molecule has 0 radical (unpaired) electrons. The number of aliphatic hydroxyl groups excluding tert-OH is 2. The van der Waals surface area contributed by atoms with E-state index in [9.17, 15) is 23.1 Å². The van der Waals surface area contributed by atoms with Gasteiger partial charge in [-0.25, -0.2) is 9.97 Å². The second-order valence-corrected chi connectivity index (χ2v) is 7.11. The molecule has 0 aliphatic rings. The molecule has 4 rings (SSSR count). The van der Waals surface area contributed by atoms with Gasteiger partial charge in [0.15, 0.2) is 0 Å². The van der Waals surface area contributed by atoms with Gasteiger partial charge < -0.3 is 10.2 Å². The van der Waals surface area contributed by atoms with Gasteiger partial charge >= 0.3 is 6.18 Å². The molecular weight excluding hydrogens is 425 g/mol. The Hall–Kier alpha value is -3.63. The molecule has 10 heteroatoms. The number of pyridine rings is 2. The molecule has 0 amide bonds. The van der Waals surface area contributed by atoms with Crippen LogP contribution in [0, 0.1) is 0 Å². The maximum absolute atomic E-state index is 13.1. The molecule has 0 fully saturated rings. The number of benzene rings is 1. The third-order valence-corrected chi connectivity index (χ3v) is 4.87. The maximum Gasteiger partial charge on any atom is 0.416 e. The van der Waals surface area contributed by atoms with Gasteiger partial charge in [-0.2, -0.15) is 13.2 Å². The van der Waals surface area contributed by atoms with Crippen molar-refractivity contribution in [3.63, 3.8) is 0 Å². The van der Waals surface area contributed by atoms with E-state index in [1.165, 1.54) is 24.5 Å². The van der Waals surface area contributed by atoms with Crippen LogP contribution in [-0.2, 0) is 12.7 Å². The second-order valence-electron chi connectivity index (χ2n) is 7.11. The Morgan fingerprint density at radius 3 is 2.47 bits per heavy atom. The lowest BCUT2D eigenvalue weighted by molar-refractivity contribution is -0.137. The molecule has 0 bridgehead atoms. The number of aromatic nitrogens is 4. The van der Waals surface area contributed by atoms with E-state index in [1.54, 1.807) is 24.5 Å². The molecule has 0 saturated carbocycles. The highest BCUT2D eigenvalue weighted by Gasteiger charge is 2.30. The Bertz CT molecular complexity index is 1310. The fourth-order valence-corrected chi connectivity index (χ4v) is 3.26. The van der Waals surface area contributed by atoms with Gasteiger partial charge in [-0.05, 0) is 30.3 Å². The minimum absolute atomic E-state index is 0.168. The van der Waals surface area contributed by atoms with Crippen molar-refractivity contribution in [3.8, 4) is 22.5 Å². The van der Waals surface area contributed by atoms with Crippen LogP contribution < -0.4 is 5.56 Å². The van der Waals surface area contributed by atoms with Crippen LogP contribution in [0.1, 0.15) is 5.56 Å². The van der Waals surface area contributed by atoms with Gasteiger partial charge in [-0.1, -0.05) is 12.1 Å². The molecule has 0 spiro atoms. The molecule has 0 aliphatic carbocycles. The molecule has 164 valence electrons. The molecule has 3 aromatic heterocycles. The summed E-state index contributed by atoms with van der Waals surface area (Å²) in [5, 5.41) is 19.0. The first kappa shape index (κ1) is 21.6. The molecule has 0 saturated heterocycles. The summed E-state index contributed by atoms with van der Waals surface area (Å²) in [6.07, 6.45) is -1.26. The van der Waals surface area contributed by atoms with Gasteiger partial charge in [0.05, 0.1) is 47.9 Å². The van der Waals surface area contributed by atoms with Crippen molar-refractivity contribution in [2.45, 2.75) is 18.8 Å². The normalized spacial score (nSPS) is 12.8. The summed E-state index contributed by atoms with van der Waals surface area (Å²) >= 11 is 0. The van der Waals surface area contributed by atoms with Gasteiger partial charge in [-0.3, -0.25) is 14.3 Å². The lowest BCUT2D eigenvalue weighted by Gasteiger charge is -2.13. The number of rotatable bonds is 5. The smallest absolute Gasteiger partial charge is 0.394 e. The van der Waals surface area contributed by atoms with E-state index in [0.717, 1.165) is 16.7 Å². The average Bonchev–Trinajstić information content (AvgIpc) is 2.80. The number of halogens is 3. The quantitative estimate of drug-likeness (QED) is 0.493. The number of hydrogen-bond donors (Lipinski definition) is 2. The third-order valence-electron chi connectivity index (χ3n) is 4.87. The van der Waals surface area contributed by atoms with Crippen molar-refractivity contribution in [2.24, 2.45) is 0 Å². The molecule has 3 heterocycles. The summed E-state index contributed by atoms with van der Waals surface area (Å²) in [6.45, 7) is -0.697. The highest BCUT2D eigenvalue weighted by molar-refractivity contribution is 5.93. The van der Waals surface area contributed by atoms with Crippen molar-refractivity contribution in [1.82, 2.24) is 19.5 Å². The first-order chi connectivity index (χ1) is 15.3. The van der Waals surface area contributed by atoms with E-state index in [0.29, 0.717) is 16.8 Å². The fourth-order valence-electron chi connectivity index (χ4n) is 3.26. The average molecular weight is 442 g/mol. The molecular formula is C22H17F3N4O3. The van der Waals surface area contributed by atoms with Crippen molar-refractivity contribution in [2.75, 3.05) is 6.61 Å². The van der Waals surface area contributed by atoms with Crippen molar-refractivity contribution >= 4 is 10.9 Å². The fraction of sp³-hybridized carbons (Fsp3) is 0.182. The minimum atomic E-state index is -4.47. The van der Waals surface area contributed by atoms with Crippen molar-refractivity contribution in [1.29, 1.82) is 0 Å². The summed E-state index contributed by atoms with van der Waals surface area (Å²) in [7, 11) is 0. The Labute approximate surface area is 179 Å². The zero-order chi connectivity index (χ0) is 22.9. The van der Waals surface area contributed by atoms with Crippen LogP contribution in [0.2, 0.25) is 0 Å². The summed E-state index contributed by atoms with van der Waals surface area (Å²) < 4.78 is 40.0. The number of alkyl halides is 3. The highest BCUT2D eigenvalue weighted by Crippen LogP contribution is 2.32. The number of nitrogens with zero attached hydrogens (tertiary/aromatic N) is 4. The maximum atomic E-state index is 13.1. The van der Waals surface area contributed by atoms with Crippen LogP contribution in [0.25, 0.3) is 33.4 Å². The predicted molar refractivity (Wildman–Crippen MR) is 111 cm³/mol. The largest absolute Gasteiger partial charge is 0.416 e. The van der Waals surface area contributed by atoms with Crippen LogP contribution in [0.4, 0.5) is 13.2 Å². The predicted octanol–water partition coefficient (Wildman–Crippen LogP) is 2.89. The topological polar surface area (TPSA) is 101 Å². The molecule has 4 aromatic rings. The van der Waals surface area contributed by atoms with Crippen LogP contribution in [0.15, 0.2) is 66.0 Å². The molecule has 1 atom stereocenters. The van der Waals surface area contributed by atoms with E-state index in [1.807, 2.05) is 0 Å². The molecule has 1 aromatic carbocycles. The monoisotopic (exact) mass is 442 g/mol. The molecule has 7 nitrogen and oxygen atoms in total. The summed E-state index contributed by atoms with van der Waals surface area (Å²) in [4.78, 5) is 26.0. The third kappa shape index (κ3) is 4.23. The second kappa shape index (κ2) is 8.48. The van der Waals surface area contributed by atoms with Gasteiger partial charge in [0.2, 0.25) is 0 Å². The number of hydrogen-bond acceptors (Lipinski definition) is 6. The first-order valence-electron chi connectivity index (χ1n) is 9.55. The Morgan fingerprint density at radius 2 is 1.84 bits per heavy atom. The Morgan fingerprint density at radius 1 is 1.09 bits per heavy atom. The first-order valence-corrected chi connectivity index (χ1v) is 9.55. The Kier molecular flexibility index (Phi) is 5.72. The lowest BCUT2D eigenvalue weighted by Crippen LogP contribution is -2.29. The highest BCUT2D eigenvalue weighted by atomic mass is 19.4. The van der Waals surface area contributed by atoms with E-state index in [4.69, 9.17) is 5.11 Å². The SMILES string of the molecule is O=c1c2cc(-c3ccc(C(F)(F)F)cc3)nc(-c3cccnc3)c2ncn1C[C@@H](O)CO. The van der Waals surface area contributed by atoms with Gasteiger partial charge in [0.25, 0.3) is 5.56 Å². The van der Waals surface area contributed by atoms with Crippen molar-refractivity contribution < 1.29 is 23.4 Å². The van der Waals surface area contributed by atoms with Gasteiger partial charge in [-0.15, -0.1) is 0 Å². The van der Waals surface area contributed by atoms with E-state index >= 15 is 0 Å². The molecule has 2 N–H and O–H groups in total. The van der Waals surface area contributed by atoms with E-state index < -0.39 is 30.0 Å². The van der Waals surface area contributed by atoms with Gasteiger partial charge in [0, 0.05) is 23.5 Å². The van der Waals surface area contributed by atoms with Crippen LogP contribution in [-0.4, -0.2) is 42.4 Å². The van der Waals surface area contributed by atoms with Crippen LogP contribution in [0.3, 0.4) is 0 Å². The van der Waals surface area contributed by atoms with Gasteiger partial charge in [0.1, 0.15) is 5.52 Å². The molecule has 0 unspecified atom stereocenters. The van der Waals surface area contributed by atoms with E-state index in [-0.39, 0.29) is 23.1 Å². The van der Waals surface area contributed by atoms with Crippen molar-refractivity contribution in [3.05, 3.63) is 77.1 Å². The van der Waals surface area contributed by atoms with Crippen LogP contribution in [0.5, 0.6) is 0 Å². The summed E-state index contributed by atoms with van der Waals surface area (Å²) in [5.74, 6) is 0. The number of fused-ring (bicyclic) bond motifs is 1. The summed E-state index contributed by atoms with van der Waals surface area (Å²) in [6, 6.07) is 9.34. The number of aliphatic hydroxyl groups is 2. The zero-order valence-electron chi connectivity index (χ0n) is 16.5. The van der Waals surface area contributed by atoms with E-state index in [2.05, 4.69) is 15.0 Å².